The molecule has 0 spiro atoms. The summed E-state index contributed by atoms with van der Waals surface area (Å²) in [5.41, 5.74) is 0. The minimum atomic E-state index is -0.784. The molecule has 58 valence electrons. The van der Waals surface area contributed by atoms with Crippen molar-refractivity contribution >= 4 is 5.97 Å². The van der Waals surface area contributed by atoms with Gasteiger partial charge in [0.25, 0.3) is 0 Å². The van der Waals surface area contributed by atoms with Gasteiger partial charge in [-0.25, -0.2) is 0 Å². The molecule has 1 aliphatic rings. The van der Waals surface area contributed by atoms with Crippen molar-refractivity contribution in [3.8, 4) is 0 Å². The second-order valence-electron chi connectivity index (χ2n) is 2.57. The van der Waals surface area contributed by atoms with Gasteiger partial charge < -0.3 is 9.63 Å². The third-order valence-electron chi connectivity index (χ3n) is 1.80. The van der Waals surface area contributed by atoms with Crippen LogP contribution in [0.1, 0.15) is 18.2 Å². The molecule has 2 atom stereocenters. The van der Waals surface area contributed by atoms with Crippen molar-refractivity contribution in [2.24, 2.45) is 5.92 Å². The molecule has 1 N–H and O–H groups in total. The molecule has 5 heteroatoms. The highest BCUT2D eigenvalue weighted by Gasteiger charge is 2.47. The van der Waals surface area contributed by atoms with Gasteiger partial charge in [-0.05, 0) is 6.42 Å². The van der Waals surface area contributed by atoms with Gasteiger partial charge in [0.05, 0.1) is 11.8 Å². The predicted molar refractivity (Wildman–Crippen MR) is 32.8 cm³/mol. The Hall–Kier alpha value is -1.39. The molecule has 1 heterocycles. The molecular formula is C6H6N2O3. The Balaban J connectivity index is 2.08. The monoisotopic (exact) mass is 154 g/mol. The molecule has 1 fully saturated rings. The van der Waals surface area contributed by atoms with Crippen molar-refractivity contribution in [2.75, 3.05) is 0 Å². The van der Waals surface area contributed by atoms with Crippen LogP contribution in [0.3, 0.4) is 0 Å². The van der Waals surface area contributed by atoms with E-state index in [2.05, 4.69) is 10.1 Å². The molecule has 0 aromatic carbocycles. The number of carboxylic acids is 1. The summed E-state index contributed by atoms with van der Waals surface area (Å²) in [4.78, 5) is 14.1. The minimum absolute atomic E-state index is 0.0463. The van der Waals surface area contributed by atoms with E-state index in [0.717, 1.165) is 0 Å². The van der Waals surface area contributed by atoms with Crippen LogP contribution in [0.2, 0.25) is 0 Å². The van der Waals surface area contributed by atoms with Crippen LogP contribution < -0.4 is 0 Å². The molecule has 0 bridgehead atoms. The van der Waals surface area contributed by atoms with Crippen molar-refractivity contribution in [2.45, 2.75) is 12.3 Å². The highest BCUT2D eigenvalue weighted by molar-refractivity contribution is 5.74. The number of carbonyl (C=O) groups is 1. The maximum absolute atomic E-state index is 10.4. The largest absolute Gasteiger partial charge is 0.481 e. The summed E-state index contributed by atoms with van der Waals surface area (Å²) in [5.74, 6) is -0.698. The standard InChI is InChI=1S/C6H6N2O3/c9-6(10)4-1-3(4)5-7-2-8-11-5/h2-4H,1H2,(H,9,10). The van der Waals surface area contributed by atoms with Crippen LogP contribution in [0, 0.1) is 5.92 Å². The van der Waals surface area contributed by atoms with Crippen LogP contribution >= 0.6 is 0 Å². The van der Waals surface area contributed by atoms with E-state index < -0.39 is 5.97 Å². The van der Waals surface area contributed by atoms with Gasteiger partial charge in [0.2, 0.25) is 5.89 Å². The van der Waals surface area contributed by atoms with Crippen LogP contribution in [0.25, 0.3) is 0 Å². The predicted octanol–water partition coefficient (Wildman–Crippen LogP) is 0.258. The third-order valence-corrected chi connectivity index (χ3v) is 1.80. The molecule has 0 radical (unpaired) electrons. The van der Waals surface area contributed by atoms with E-state index in [9.17, 15) is 4.79 Å². The lowest BCUT2D eigenvalue weighted by Gasteiger charge is -1.85. The summed E-state index contributed by atoms with van der Waals surface area (Å²) >= 11 is 0. The molecule has 0 amide bonds. The van der Waals surface area contributed by atoms with Crippen LogP contribution in [-0.4, -0.2) is 21.2 Å². The molecule has 0 aliphatic heterocycles. The molecule has 11 heavy (non-hydrogen) atoms. The zero-order valence-corrected chi connectivity index (χ0v) is 5.60. The van der Waals surface area contributed by atoms with E-state index in [-0.39, 0.29) is 11.8 Å². The van der Waals surface area contributed by atoms with Gasteiger partial charge in [0.1, 0.15) is 0 Å². The SMILES string of the molecule is O=C(O)C1CC1c1ncno1. The third kappa shape index (κ3) is 0.978. The van der Waals surface area contributed by atoms with E-state index in [1.165, 1.54) is 6.33 Å². The first-order valence-electron chi connectivity index (χ1n) is 3.28. The lowest BCUT2D eigenvalue weighted by Crippen LogP contribution is -1.98. The topological polar surface area (TPSA) is 76.2 Å². The summed E-state index contributed by atoms with van der Waals surface area (Å²) in [6, 6.07) is 0. The number of aliphatic carboxylic acids is 1. The number of carboxylic acid groups (broad SMARTS) is 1. The van der Waals surface area contributed by atoms with E-state index >= 15 is 0 Å². The molecule has 1 saturated carbocycles. The van der Waals surface area contributed by atoms with E-state index in [1.54, 1.807) is 0 Å². The van der Waals surface area contributed by atoms with Crippen LogP contribution in [0.15, 0.2) is 10.9 Å². The molecule has 2 unspecified atom stereocenters. The van der Waals surface area contributed by atoms with Gasteiger partial charge in [-0.1, -0.05) is 5.16 Å². The summed E-state index contributed by atoms with van der Waals surface area (Å²) in [5, 5.41) is 11.9. The van der Waals surface area contributed by atoms with Crippen molar-refractivity contribution < 1.29 is 14.4 Å². The normalized spacial score (nSPS) is 28.4. The maximum atomic E-state index is 10.4. The average molecular weight is 154 g/mol. The Morgan fingerprint density at radius 3 is 3.09 bits per heavy atom. The molecule has 2 rings (SSSR count). The first-order valence-corrected chi connectivity index (χ1v) is 3.28. The number of hydrogen-bond acceptors (Lipinski definition) is 4. The highest BCUT2D eigenvalue weighted by atomic mass is 16.5. The van der Waals surface area contributed by atoms with E-state index in [4.69, 9.17) is 9.63 Å². The van der Waals surface area contributed by atoms with Gasteiger partial charge in [-0.3, -0.25) is 4.79 Å². The first kappa shape index (κ1) is 6.33. The molecular weight excluding hydrogens is 148 g/mol. The van der Waals surface area contributed by atoms with Crippen LogP contribution in [-0.2, 0) is 4.79 Å². The number of aromatic nitrogens is 2. The second-order valence-corrected chi connectivity index (χ2v) is 2.57. The van der Waals surface area contributed by atoms with Crippen molar-refractivity contribution in [1.82, 2.24) is 10.1 Å². The Morgan fingerprint density at radius 1 is 1.82 bits per heavy atom. The fourth-order valence-corrected chi connectivity index (χ4v) is 1.09. The zero-order chi connectivity index (χ0) is 7.84. The van der Waals surface area contributed by atoms with Crippen molar-refractivity contribution in [3.63, 3.8) is 0 Å². The summed E-state index contributed by atoms with van der Waals surface area (Å²) in [7, 11) is 0. The summed E-state index contributed by atoms with van der Waals surface area (Å²) in [6.07, 6.45) is 1.91. The Kier molecular flexibility index (Phi) is 1.18. The minimum Gasteiger partial charge on any atom is -0.481 e. The van der Waals surface area contributed by atoms with Gasteiger partial charge >= 0.3 is 5.97 Å². The molecule has 1 aliphatic carbocycles. The smallest absolute Gasteiger partial charge is 0.307 e. The van der Waals surface area contributed by atoms with E-state index in [1.807, 2.05) is 0 Å². The Morgan fingerprint density at radius 2 is 2.64 bits per heavy atom. The van der Waals surface area contributed by atoms with Crippen LogP contribution in [0.5, 0.6) is 0 Å². The van der Waals surface area contributed by atoms with Gasteiger partial charge in [-0.15, -0.1) is 0 Å². The number of hydrogen-bond donors (Lipinski definition) is 1. The lowest BCUT2D eigenvalue weighted by atomic mass is 10.3. The zero-order valence-electron chi connectivity index (χ0n) is 5.60. The molecule has 1 aromatic heterocycles. The van der Waals surface area contributed by atoms with Crippen molar-refractivity contribution in [3.05, 3.63) is 12.2 Å². The summed E-state index contributed by atoms with van der Waals surface area (Å²) < 4.78 is 4.71. The summed E-state index contributed by atoms with van der Waals surface area (Å²) in [6.45, 7) is 0. The Bertz CT molecular complexity index is 269. The fourth-order valence-electron chi connectivity index (χ4n) is 1.09. The molecule has 0 saturated heterocycles. The quantitative estimate of drug-likeness (QED) is 0.661. The van der Waals surface area contributed by atoms with Gasteiger partial charge in [-0.2, -0.15) is 4.98 Å². The van der Waals surface area contributed by atoms with Crippen molar-refractivity contribution in [1.29, 1.82) is 0 Å². The fraction of sp³-hybridized carbons (Fsp3) is 0.500. The first-order chi connectivity index (χ1) is 5.29. The van der Waals surface area contributed by atoms with Gasteiger partial charge in [0.15, 0.2) is 6.33 Å². The Labute approximate surface area is 62.0 Å². The van der Waals surface area contributed by atoms with Gasteiger partial charge in [0, 0.05) is 0 Å². The average Bonchev–Trinajstić information content (AvgIpc) is 2.60. The van der Waals surface area contributed by atoms with E-state index in [0.29, 0.717) is 12.3 Å². The maximum Gasteiger partial charge on any atom is 0.307 e. The molecule has 5 nitrogen and oxygen atoms in total. The lowest BCUT2D eigenvalue weighted by molar-refractivity contribution is -0.138. The second kappa shape index (κ2) is 2.05. The molecule has 1 aromatic rings. The number of nitrogens with zero attached hydrogens (tertiary/aromatic N) is 2. The van der Waals surface area contributed by atoms with Crippen LogP contribution in [0.4, 0.5) is 0 Å². The number of rotatable bonds is 2. The highest BCUT2D eigenvalue weighted by Crippen LogP contribution is 2.46.